The summed E-state index contributed by atoms with van der Waals surface area (Å²) >= 11 is 0. The van der Waals surface area contributed by atoms with Gasteiger partial charge in [-0.25, -0.2) is 0 Å². The number of alkyl halides is 3. The van der Waals surface area contributed by atoms with Crippen molar-refractivity contribution in [3.63, 3.8) is 0 Å². The largest absolute Gasteiger partial charge is 0.446 e. The molecule has 0 aliphatic carbocycles. The van der Waals surface area contributed by atoms with Crippen molar-refractivity contribution in [2.75, 3.05) is 31.1 Å². The van der Waals surface area contributed by atoms with Crippen molar-refractivity contribution in [1.82, 2.24) is 5.32 Å². The highest BCUT2D eigenvalue weighted by molar-refractivity contribution is 7.81. The molecule has 6 nitrogen and oxygen atoms in total. The van der Waals surface area contributed by atoms with Gasteiger partial charge in [0.05, 0.1) is 0 Å². The molecular formula is C11H13F3N2O4S. The van der Waals surface area contributed by atoms with Crippen LogP contribution in [0.2, 0.25) is 0 Å². The molecule has 1 aliphatic heterocycles. The third kappa shape index (κ3) is 4.22. The maximum Gasteiger partial charge on any atom is 0.446 e. The van der Waals surface area contributed by atoms with Gasteiger partial charge in [0.1, 0.15) is 5.56 Å². The number of benzene rings is 1. The Labute approximate surface area is 119 Å². The molecule has 1 fully saturated rings. The Morgan fingerprint density at radius 2 is 1.86 bits per heavy atom. The minimum absolute atomic E-state index is 0.312. The number of hydrogen-bond donors (Lipinski definition) is 2. The van der Waals surface area contributed by atoms with E-state index in [1.807, 2.05) is 0 Å². The van der Waals surface area contributed by atoms with Gasteiger partial charge < -0.3 is 14.4 Å². The second kappa shape index (κ2) is 5.70. The van der Waals surface area contributed by atoms with Crippen molar-refractivity contribution in [1.29, 1.82) is 0 Å². The van der Waals surface area contributed by atoms with Crippen LogP contribution in [-0.4, -0.2) is 39.1 Å². The summed E-state index contributed by atoms with van der Waals surface area (Å²) in [5.74, 6) is -0.955. The summed E-state index contributed by atoms with van der Waals surface area (Å²) in [6.07, 6.45) is -4.80. The predicted octanol–water partition coefficient (Wildman–Crippen LogP) is 1.30. The van der Waals surface area contributed by atoms with E-state index in [9.17, 15) is 21.6 Å². The third-order valence-electron chi connectivity index (χ3n) is 2.95. The molecule has 2 rings (SSSR count). The van der Waals surface area contributed by atoms with Crippen LogP contribution in [0.5, 0.6) is 5.75 Å². The van der Waals surface area contributed by atoms with E-state index in [1.54, 1.807) is 4.90 Å². The molecule has 1 aliphatic rings. The molecule has 0 atom stereocenters. The molecule has 2 N–H and O–H groups in total. The zero-order chi connectivity index (χ0) is 15.7. The number of anilines is 1. The molecule has 0 unspecified atom stereocenters. The quantitative estimate of drug-likeness (QED) is 0.815. The summed E-state index contributed by atoms with van der Waals surface area (Å²) in [6.45, 7) is 2.36. The number of hydrogen-bond acceptors (Lipinski definition) is 5. The number of piperazine rings is 1. The molecule has 0 bridgehead atoms. The van der Waals surface area contributed by atoms with E-state index in [1.165, 1.54) is 6.07 Å². The second-order valence-electron chi connectivity index (χ2n) is 4.43. The maximum absolute atomic E-state index is 13.0. The Morgan fingerprint density at radius 3 is 2.38 bits per heavy atom. The van der Waals surface area contributed by atoms with Gasteiger partial charge >= 0.3 is 16.6 Å². The third-order valence-corrected chi connectivity index (χ3v) is 3.34. The SMILES string of the molecule is O=S(=O)(O)Oc1ccc(N2CCNCC2)cc1C(F)(F)F. The fraction of sp³-hybridized carbons (Fsp3) is 0.455. The molecule has 1 aromatic rings. The number of nitrogens with one attached hydrogen (secondary N) is 1. The van der Waals surface area contributed by atoms with Gasteiger partial charge in [0.15, 0.2) is 5.75 Å². The molecule has 118 valence electrons. The number of rotatable bonds is 3. The zero-order valence-corrected chi connectivity index (χ0v) is 11.5. The monoisotopic (exact) mass is 326 g/mol. The Balaban J connectivity index is 2.39. The van der Waals surface area contributed by atoms with E-state index in [2.05, 4.69) is 9.50 Å². The Bertz CT molecular complexity index is 612. The van der Waals surface area contributed by atoms with Crippen LogP contribution in [0.3, 0.4) is 0 Å². The van der Waals surface area contributed by atoms with E-state index in [0.29, 0.717) is 31.9 Å². The van der Waals surface area contributed by atoms with Gasteiger partial charge in [-0.3, -0.25) is 4.55 Å². The van der Waals surface area contributed by atoms with Crippen molar-refractivity contribution >= 4 is 16.1 Å². The Hall–Kier alpha value is -1.52. The van der Waals surface area contributed by atoms with Crippen molar-refractivity contribution in [2.45, 2.75) is 6.18 Å². The van der Waals surface area contributed by atoms with E-state index in [4.69, 9.17) is 4.55 Å². The van der Waals surface area contributed by atoms with Crippen LogP contribution in [-0.2, 0) is 16.6 Å². The van der Waals surface area contributed by atoms with Crippen LogP contribution in [0.15, 0.2) is 18.2 Å². The first-order valence-electron chi connectivity index (χ1n) is 6.00. The van der Waals surface area contributed by atoms with Gasteiger partial charge in [0.2, 0.25) is 0 Å². The van der Waals surface area contributed by atoms with Crippen LogP contribution in [0.4, 0.5) is 18.9 Å². The molecule has 0 saturated carbocycles. The van der Waals surface area contributed by atoms with Crippen molar-refractivity contribution < 1.29 is 30.3 Å². The van der Waals surface area contributed by atoms with E-state index in [0.717, 1.165) is 12.1 Å². The van der Waals surface area contributed by atoms with Crippen molar-refractivity contribution in [3.8, 4) is 5.75 Å². The van der Waals surface area contributed by atoms with Gasteiger partial charge in [-0.15, -0.1) is 0 Å². The molecule has 1 aromatic carbocycles. The van der Waals surface area contributed by atoms with Gasteiger partial charge in [-0.1, -0.05) is 0 Å². The highest BCUT2D eigenvalue weighted by atomic mass is 32.3. The van der Waals surface area contributed by atoms with Gasteiger partial charge in [-0.05, 0) is 18.2 Å². The maximum atomic E-state index is 13.0. The van der Waals surface area contributed by atoms with Crippen LogP contribution in [0.25, 0.3) is 0 Å². The molecule has 10 heteroatoms. The lowest BCUT2D eigenvalue weighted by molar-refractivity contribution is -0.138. The number of nitrogens with zero attached hydrogens (tertiary/aromatic N) is 1. The summed E-state index contributed by atoms with van der Waals surface area (Å²) in [5.41, 5.74) is -0.942. The minimum Gasteiger partial charge on any atom is -0.369 e. The fourth-order valence-electron chi connectivity index (χ4n) is 2.05. The molecule has 0 radical (unpaired) electrons. The van der Waals surface area contributed by atoms with Crippen LogP contribution in [0, 0.1) is 0 Å². The highest BCUT2D eigenvalue weighted by Gasteiger charge is 2.36. The molecule has 0 spiro atoms. The summed E-state index contributed by atoms with van der Waals surface area (Å²) in [4.78, 5) is 1.74. The first-order valence-corrected chi connectivity index (χ1v) is 7.37. The molecule has 21 heavy (non-hydrogen) atoms. The average Bonchev–Trinajstić information content (AvgIpc) is 2.37. The second-order valence-corrected chi connectivity index (χ2v) is 5.45. The van der Waals surface area contributed by atoms with E-state index in [-0.39, 0.29) is 0 Å². The van der Waals surface area contributed by atoms with E-state index < -0.39 is 27.9 Å². The summed E-state index contributed by atoms with van der Waals surface area (Å²) in [5, 5.41) is 3.07. The Morgan fingerprint density at radius 1 is 1.24 bits per heavy atom. The first kappa shape index (κ1) is 15.9. The normalized spacial score (nSPS) is 16.9. The van der Waals surface area contributed by atoms with Gasteiger partial charge in [-0.2, -0.15) is 21.6 Å². The fourth-order valence-corrected chi connectivity index (χ4v) is 2.42. The lowest BCUT2D eigenvalue weighted by atomic mass is 10.1. The highest BCUT2D eigenvalue weighted by Crippen LogP contribution is 2.39. The topological polar surface area (TPSA) is 78.9 Å². The lowest BCUT2D eigenvalue weighted by Crippen LogP contribution is -2.43. The first-order chi connectivity index (χ1) is 9.67. The van der Waals surface area contributed by atoms with Crippen LogP contribution >= 0.6 is 0 Å². The predicted molar refractivity (Wildman–Crippen MR) is 68.7 cm³/mol. The molecule has 0 aromatic heterocycles. The number of halogens is 3. The standard InChI is InChI=1S/C11H13F3N2O4S/c12-11(13,14)9-7-8(16-5-3-15-4-6-16)1-2-10(9)20-21(17,18)19/h1-2,7,15H,3-6H2,(H,17,18,19). The molecule has 1 heterocycles. The molecular weight excluding hydrogens is 313 g/mol. The van der Waals surface area contributed by atoms with Crippen molar-refractivity contribution in [3.05, 3.63) is 23.8 Å². The Kier molecular flexibility index (Phi) is 4.30. The van der Waals surface area contributed by atoms with Gasteiger partial charge in [0.25, 0.3) is 0 Å². The van der Waals surface area contributed by atoms with Gasteiger partial charge in [0, 0.05) is 31.9 Å². The molecule has 1 saturated heterocycles. The summed E-state index contributed by atoms with van der Waals surface area (Å²) < 4.78 is 72.7. The zero-order valence-electron chi connectivity index (χ0n) is 10.7. The van der Waals surface area contributed by atoms with Crippen molar-refractivity contribution in [2.24, 2.45) is 0 Å². The lowest BCUT2D eigenvalue weighted by Gasteiger charge is -2.30. The van der Waals surface area contributed by atoms with Crippen LogP contribution < -0.4 is 14.4 Å². The average molecular weight is 326 g/mol. The van der Waals surface area contributed by atoms with Crippen LogP contribution in [0.1, 0.15) is 5.56 Å². The minimum atomic E-state index is -5.02. The molecule has 0 amide bonds. The smallest absolute Gasteiger partial charge is 0.369 e. The summed E-state index contributed by atoms with van der Waals surface area (Å²) in [6, 6.07) is 3.01. The summed E-state index contributed by atoms with van der Waals surface area (Å²) in [7, 11) is -5.02. The van der Waals surface area contributed by atoms with E-state index >= 15 is 0 Å².